The fourth-order valence-corrected chi connectivity index (χ4v) is 3.36. The Bertz CT molecular complexity index is 874. The van der Waals surface area contributed by atoms with Gasteiger partial charge in [0.15, 0.2) is 12.5 Å². The molecular formula is C17H17N5O2S. The second kappa shape index (κ2) is 7.04. The lowest BCUT2D eigenvalue weighted by atomic mass is 10.2. The first kappa shape index (κ1) is 15.8. The van der Waals surface area contributed by atoms with Crippen molar-refractivity contribution in [1.82, 2.24) is 20.0 Å². The first-order valence-electron chi connectivity index (χ1n) is 7.81. The number of methoxy groups -OCH3 is 1. The van der Waals surface area contributed by atoms with Crippen LogP contribution in [0.25, 0.3) is 5.76 Å². The van der Waals surface area contributed by atoms with Crippen molar-refractivity contribution in [2.75, 3.05) is 18.7 Å². The molecule has 2 aromatic heterocycles. The number of thiazole rings is 1. The molecule has 1 aliphatic rings. The summed E-state index contributed by atoms with van der Waals surface area (Å²) in [5.74, 6) is 1.59. The zero-order valence-corrected chi connectivity index (χ0v) is 14.5. The van der Waals surface area contributed by atoms with Crippen LogP contribution in [0, 0.1) is 0 Å². The number of anilines is 1. The predicted octanol–water partition coefficient (Wildman–Crippen LogP) is 2.72. The van der Waals surface area contributed by atoms with Gasteiger partial charge in [-0.05, 0) is 0 Å². The SMILES string of the molecule is COCc1ncc(Cn2ncc(N3C=C(c4ccccc4)OC3)n2)s1. The first-order valence-corrected chi connectivity index (χ1v) is 8.63. The third kappa shape index (κ3) is 3.54. The van der Waals surface area contributed by atoms with E-state index in [1.807, 2.05) is 47.6 Å². The molecule has 0 unspecified atom stereocenters. The number of hydrogen-bond acceptors (Lipinski definition) is 7. The maximum Gasteiger partial charge on any atom is 0.177 e. The van der Waals surface area contributed by atoms with Crippen LogP contribution in [-0.4, -0.2) is 33.8 Å². The van der Waals surface area contributed by atoms with Crippen LogP contribution in [0.1, 0.15) is 15.4 Å². The summed E-state index contributed by atoms with van der Waals surface area (Å²) in [4.78, 5) is 9.00. The lowest BCUT2D eigenvalue weighted by molar-refractivity contribution is 0.184. The van der Waals surface area contributed by atoms with E-state index in [-0.39, 0.29) is 0 Å². The van der Waals surface area contributed by atoms with Gasteiger partial charge in [0.2, 0.25) is 0 Å². The van der Waals surface area contributed by atoms with Gasteiger partial charge in [-0.1, -0.05) is 30.3 Å². The van der Waals surface area contributed by atoms with Gasteiger partial charge in [-0.3, -0.25) is 4.90 Å². The second-order valence-corrected chi connectivity index (χ2v) is 6.69. The van der Waals surface area contributed by atoms with Crippen molar-refractivity contribution in [3.8, 4) is 0 Å². The first-order chi connectivity index (χ1) is 12.3. The maximum atomic E-state index is 5.75. The van der Waals surface area contributed by atoms with Gasteiger partial charge in [0.25, 0.3) is 0 Å². The molecule has 0 radical (unpaired) electrons. The number of nitrogens with zero attached hydrogens (tertiary/aromatic N) is 5. The quantitative estimate of drug-likeness (QED) is 0.677. The summed E-state index contributed by atoms with van der Waals surface area (Å²) >= 11 is 1.60. The van der Waals surface area contributed by atoms with Gasteiger partial charge in [-0.15, -0.1) is 16.4 Å². The molecule has 8 heteroatoms. The van der Waals surface area contributed by atoms with E-state index < -0.39 is 0 Å². The van der Waals surface area contributed by atoms with Gasteiger partial charge >= 0.3 is 0 Å². The van der Waals surface area contributed by atoms with E-state index in [2.05, 4.69) is 15.2 Å². The van der Waals surface area contributed by atoms with E-state index >= 15 is 0 Å². The minimum absolute atomic E-state index is 0.432. The van der Waals surface area contributed by atoms with Gasteiger partial charge in [0, 0.05) is 23.7 Å². The van der Waals surface area contributed by atoms with Gasteiger partial charge < -0.3 is 9.47 Å². The molecule has 0 atom stereocenters. The molecule has 3 heterocycles. The molecule has 4 rings (SSSR count). The summed E-state index contributed by atoms with van der Waals surface area (Å²) in [6, 6.07) is 10.0. The maximum absolute atomic E-state index is 5.75. The summed E-state index contributed by atoms with van der Waals surface area (Å²) in [5, 5.41) is 9.81. The van der Waals surface area contributed by atoms with Crippen LogP contribution in [0.2, 0.25) is 0 Å². The van der Waals surface area contributed by atoms with Gasteiger partial charge in [0.05, 0.1) is 25.5 Å². The Morgan fingerprint density at radius 2 is 2.12 bits per heavy atom. The molecule has 0 fully saturated rings. The molecule has 25 heavy (non-hydrogen) atoms. The van der Waals surface area contributed by atoms with Gasteiger partial charge in [-0.2, -0.15) is 9.90 Å². The number of benzene rings is 1. The van der Waals surface area contributed by atoms with Crippen LogP contribution >= 0.6 is 11.3 Å². The molecule has 3 aromatic rings. The molecule has 0 spiro atoms. The Kier molecular flexibility index (Phi) is 4.45. The van der Waals surface area contributed by atoms with Crippen LogP contribution in [-0.2, 0) is 22.6 Å². The Hall–Kier alpha value is -2.71. The Morgan fingerprint density at radius 3 is 2.96 bits per heavy atom. The average Bonchev–Trinajstić information content (AvgIpc) is 3.37. The van der Waals surface area contributed by atoms with Crippen LogP contribution in [0.5, 0.6) is 0 Å². The largest absolute Gasteiger partial charge is 0.471 e. The lowest BCUT2D eigenvalue weighted by Gasteiger charge is -2.07. The van der Waals surface area contributed by atoms with Gasteiger partial charge in [0.1, 0.15) is 10.8 Å². The number of hydrogen-bond donors (Lipinski definition) is 0. The van der Waals surface area contributed by atoms with E-state index in [4.69, 9.17) is 9.47 Å². The molecule has 1 aliphatic heterocycles. The van der Waals surface area contributed by atoms with Crippen molar-refractivity contribution in [3.05, 3.63) is 64.4 Å². The molecule has 0 N–H and O–H groups in total. The van der Waals surface area contributed by atoms with E-state index in [1.165, 1.54) is 0 Å². The predicted molar refractivity (Wildman–Crippen MR) is 94.8 cm³/mol. The van der Waals surface area contributed by atoms with Crippen molar-refractivity contribution in [3.63, 3.8) is 0 Å². The summed E-state index contributed by atoms with van der Waals surface area (Å²) < 4.78 is 10.8. The van der Waals surface area contributed by atoms with E-state index in [0.29, 0.717) is 19.9 Å². The molecule has 1 aromatic carbocycles. The Morgan fingerprint density at radius 1 is 1.24 bits per heavy atom. The van der Waals surface area contributed by atoms with Crippen LogP contribution < -0.4 is 4.90 Å². The highest BCUT2D eigenvalue weighted by molar-refractivity contribution is 7.11. The van der Waals surface area contributed by atoms with Crippen LogP contribution in [0.4, 0.5) is 5.82 Å². The Balaban J connectivity index is 1.45. The normalized spacial score (nSPS) is 13.8. The lowest BCUT2D eigenvalue weighted by Crippen LogP contribution is -2.14. The average molecular weight is 355 g/mol. The Labute approximate surface area is 149 Å². The fourth-order valence-electron chi connectivity index (χ4n) is 2.49. The van der Waals surface area contributed by atoms with E-state index in [9.17, 15) is 0 Å². The highest BCUT2D eigenvalue weighted by Gasteiger charge is 2.19. The molecule has 0 saturated heterocycles. The molecule has 0 saturated carbocycles. The van der Waals surface area contributed by atoms with Crippen molar-refractivity contribution in [2.45, 2.75) is 13.2 Å². The number of ether oxygens (including phenoxy) is 2. The molecule has 7 nitrogen and oxygen atoms in total. The summed E-state index contributed by atoms with van der Waals surface area (Å²) in [6.45, 7) is 1.55. The zero-order chi connectivity index (χ0) is 17.1. The highest BCUT2D eigenvalue weighted by Crippen LogP contribution is 2.25. The summed E-state index contributed by atoms with van der Waals surface area (Å²) in [5.41, 5.74) is 1.05. The highest BCUT2D eigenvalue weighted by atomic mass is 32.1. The summed E-state index contributed by atoms with van der Waals surface area (Å²) in [7, 11) is 1.66. The second-order valence-electron chi connectivity index (χ2n) is 5.49. The minimum Gasteiger partial charge on any atom is -0.471 e. The van der Waals surface area contributed by atoms with Crippen LogP contribution in [0.3, 0.4) is 0 Å². The van der Waals surface area contributed by atoms with Crippen molar-refractivity contribution in [1.29, 1.82) is 0 Å². The molecule has 0 aliphatic carbocycles. The van der Waals surface area contributed by atoms with Crippen molar-refractivity contribution >= 4 is 22.9 Å². The molecule has 0 amide bonds. The molecule has 128 valence electrons. The number of aromatic nitrogens is 4. The third-order valence-corrected chi connectivity index (χ3v) is 4.63. The zero-order valence-electron chi connectivity index (χ0n) is 13.7. The van der Waals surface area contributed by atoms with E-state index in [1.54, 1.807) is 29.4 Å². The molecule has 0 bridgehead atoms. The fraction of sp³-hybridized carbons (Fsp3) is 0.235. The summed E-state index contributed by atoms with van der Waals surface area (Å²) in [6.07, 6.45) is 5.53. The van der Waals surface area contributed by atoms with Gasteiger partial charge in [-0.25, -0.2) is 4.98 Å². The van der Waals surface area contributed by atoms with Crippen molar-refractivity contribution in [2.24, 2.45) is 0 Å². The third-order valence-electron chi connectivity index (χ3n) is 3.68. The standard InChI is InChI=1S/C17H17N5O2S/c1-23-11-17-18-7-14(25-17)9-22-19-8-16(20-22)21-10-15(24-12-21)13-5-3-2-4-6-13/h2-8,10H,9,11-12H2,1H3. The number of rotatable bonds is 6. The minimum atomic E-state index is 0.432. The molecular weight excluding hydrogens is 338 g/mol. The van der Waals surface area contributed by atoms with Crippen molar-refractivity contribution < 1.29 is 9.47 Å². The van der Waals surface area contributed by atoms with E-state index in [0.717, 1.165) is 27.0 Å². The smallest absolute Gasteiger partial charge is 0.177 e. The monoisotopic (exact) mass is 355 g/mol. The topological polar surface area (TPSA) is 65.3 Å². The van der Waals surface area contributed by atoms with Crippen LogP contribution in [0.15, 0.2) is 48.9 Å².